The summed E-state index contributed by atoms with van der Waals surface area (Å²) in [6.45, 7) is 2.52. The van der Waals surface area contributed by atoms with Gasteiger partial charge in [0.1, 0.15) is 5.96 Å². The zero-order chi connectivity index (χ0) is 14.6. The number of hydrogen-bond donors (Lipinski definition) is 5. The van der Waals surface area contributed by atoms with Crippen LogP contribution < -0.4 is 28.3 Å². The molecule has 0 spiro atoms. The fourth-order valence-electron chi connectivity index (χ4n) is 0.570. The van der Waals surface area contributed by atoms with Crippen LogP contribution in [0.3, 0.4) is 0 Å². The normalized spacial score (nSPS) is 11.8. The first-order valence-corrected chi connectivity index (χ1v) is 4.94. The van der Waals surface area contributed by atoms with Gasteiger partial charge in [0.05, 0.1) is 0 Å². The van der Waals surface area contributed by atoms with Crippen molar-refractivity contribution in [2.45, 2.75) is 14.4 Å². The predicted octanol–water partition coefficient (Wildman–Crippen LogP) is -0.763. The molecule has 0 saturated heterocycles. The monoisotopic (exact) mass is 377 g/mol. The number of nitrogens with one attached hydrogen (secondary N) is 2. The first-order valence-electron chi connectivity index (χ1n) is 4.94. The van der Waals surface area contributed by atoms with E-state index in [1.807, 2.05) is 6.92 Å². The molecule has 0 fully saturated rings. The van der Waals surface area contributed by atoms with Gasteiger partial charge in [-0.3, -0.25) is 20.3 Å². The number of aliphatic imine (C=N–C) groups is 4. The Kier molecular flexibility index (Phi) is 31.6. The molecule has 11 heteroatoms. The van der Waals surface area contributed by atoms with E-state index in [-0.39, 0.29) is 65.4 Å². The fraction of sp³-hybridized carbons (Fsp3) is 0.500. The van der Waals surface area contributed by atoms with Gasteiger partial charge in [-0.2, -0.15) is 0 Å². The minimum atomic E-state index is -0.326. The van der Waals surface area contributed by atoms with Gasteiger partial charge in [0.2, 0.25) is 0 Å². The first-order chi connectivity index (χ1) is 8.37. The van der Waals surface area contributed by atoms with Crippen LogP contribution in [0, 0.1) is 7.43 Å². The van der Waals surface area contributed by atoms with Crippen LogP contribution in [-0.4, -0.2) is 44.5 Å². The van der Waals surface area contributed by atoms with Crippen molar-refractivity contribution in [1.82, 2.24) is 5.32 Å². The third kappa shape index (κ3) is 27.7. The van der Waals surface area contributed by atoms with Crippen molar-refractivity contribution in [3.63, 3.8) is 0 Å². The zero-order valence-corrected chi connectivity index (χ0v) is 15.2. The Balaban J connectivity index is -0.0000000724. The molecule has 1 radical (unpaired) electrons. The van der Waals surface area contributed by atoms with Gasteiger partial charge in [-0.15, -0.1) is 0 Å². The molecule has 0 aliphatic heterocycles. The number of guanidine groups is 4. The second-order valence-electron chi connectivity index (χ2n) is 2.67. The Morgan fingerprint density at radius 3 is 1.76 bits per heavy atom. The minimum absolute atomic E-state index is 0. The molecule has 0 aliphatic carbocycles. The van der Waals surface area contributed by atoms with Crippen LogP contribution in [0.5, 0.6) is 0 Å². The third-order valence-electron chi connectivity index (χ3n) is 1.29. The molecular weight excluding hydrogens is 349 g/mol. The van der Waals surface area contributed by atoms with Gasteiger partial charge >= 0.3 is 0 Å². The summed E-state index contributed by atoms with van der Waals surface area (Å²) in [5, 5.41) is 2.59. The summed E-state index contributed by atoms with van der Waals surface area (Å²) in [4.78, 5) is 14.2. The summed E-state index contributed by atoms with van der Waals surface area (Å²) in [6.07, 6.45) is 0. The maximum Gasteiger partial charge on any atom is 0.195 e. The topological polar surface area (TPSA) is 189 Å². The van der Waals surface area contributed by atoms with Gasteiger partial charge in [-0.05, 0) is 6.92 Å². The van der Waals surface area contributed by atoms with Crippen LogP contribution in [0.15, 0.2) is 20.0 Å². The molecule has 0 amide bonds. The Hall–Kier alpha value is -1.42. The molecule has 10 N–H and O–H groups in total. The molecule has 0 aliphatic rings. The fourth-order valence-corrected chi connectivity index (χ4v) is 0.570. The van der Waals surface area contributed by atoms with Crippen LogP contribution >= 0.6 is 0 Å². The van der Waals surface area contributed by atoms with Crippen LogP contribution in [-0.2, 0) is 32.7 Å². The third-order valence-corrected chi connectivity index (χ3v) is 1.29. The quantitative estimate of drug-likeness (QED) is 0.227. The average molecular weight is 377 g/mol. The maximum absolute atomic E-state index is 6.58. The molecule has 0 unspecified atom stereocenters. The zero-order valence-electron chi connectivity index (χ0n) is 12.4. The molecule has 123 valence electrons. The van der Waals surface area contributed by atoms with Crippen molar-refractivity contribution in [3.8, 4) is 0 Å². The van der Waals surface area contributed by atoms with Crippen molar-refractivity contribution in [2.24, 2.45) is 42.9 Å². The molecule has 0 rings (SSSR count). The van der Waals surface area contributed by atoms with Gasteiger partial charge in [-0.25, -0.2) is 0 Å². The Morgan fingerprint density at radius 1 is 1.05 bits per heavy atom. The van der Waals surface area contributed by atoms with Crippen LogP contribution in [0.2, 0.25) is 0 Å². The summed E-state index contributed by atoms with van der Waals surface area (Å²) < 4.78 is 0. The van der Waals surface area contributed by atoms with E-state index in [2.05, 4.69) is 25.3 Å². The molecule has 0 aromatic heterocycles. The van der Waals surface area contributed by atoms with Gasteiger partial charge in [0.15, 0.2) is 11.9 Å². The molecule has 0 aromatic rings. The number of hydrogen-bond acceptors (Lipinski definition) is 3. The molecule has 10 nitrogen and oxygen atoms in total. The van der Waals surface area contributed by atoms with E-state index in [0.717, 1.165) is 0 Å². The smallest absolute Gasteiger partial charge is 0.195 e. The van der Waals surface area contributed by atoms with E-state index in [1.54, 1.807) is 7.05 Å². The Labute approximate surface area is 152 Å². The van der Waals surface area contributed by atoms with Crippen molar-refractivity contribution < 1.29 is 32.7 Å². The van der Waals surface area contributed by atoms with Crippen LogP contribution in [0.1, 0.15) is 14.4 Å². The first kappa shape index (κ1) is 31.8. The number of nitrogens with zero attached hydrogens (tertiary/aromatic N) is 4. The van der Waals surface area contributed by atoms with E-state index < -0.39 is 0 Å². The molecular formula is C10H28N10Y-2. The average Bonchev–Trinajstić information content (AvgIpc) is 2.29. The van der Waals surface area contributed by atoms with Crippen molar-refractivity contribution in [3.05, 3.63) is 13.2 Å². The van der Waals surface area contributed by atoms with Gasteiger partial charge < -0.3 is 41.1 Å². The van der Waals surface area contributed by atoms with Crippen molar-refractivity contribution in [2.75, 3.05) is 20.6 Å². The largest absolute Gasteiger partial charge is 0.454 e. The summed E-state index contributed by atoms with van der Waals surface area (Å²) in [7, 11) is 3.04. The van der Waals surface area contributed by atoms with Crippen LogP contribution in [0.4, 0.5) is 0 Å². The van der Waals surface area contributed by atoms with Gasteiger partial charge in [-0.1, -0.05) is 7.43 Å². The summed E-state index contributed by atoms with van der Waals surface area (Å²) in [5.74, 6) is 0.269. The number of rotatable bonds is 1. The van der Waals surface area contributed by atoms with E-state index >= 15 is 0 Å². The second kappa shape index (κ2) is 20.9. The maximum atomic E-state index is 6.58. The summed E-state index contributed by atoms with van der Waals surface area (Å²) in [6, 6.07) is 0. The van der Waals surface area contributed by atoms with Crippen molar-refractivity contribution >= 4 is 23.8 Å². The molecule has 0 saturated carbocycles. The van der Waals surface area contributed by atoms with E-state index in [4.69, 9.17) is 28.7 Å². The Bertz CT molecular complexity index is 344. The molecule has 0 bridgehead atoms. The standard InChI is InChI=1S/C5H13N5.C3H8N5.CH4.CH3.Y/c1-3-9-5(7)10-4(6)8-2;1-7-3(6)8-2(4)5;;;/h3H2,1-2H3,(H5,6,7,8,9,10);1H3,(H5-,4,5,6,7,8);1H4;1H3;/q;-1;;-1;. The second-order valence-corrected chi connectivity index (χ2v) is 2.67. The van der Waals surface area contributed by atoms with E-state index in [9.17, 15) is 0 Å². The van der Waals surface area contributed by atoms with Crippen LogP contribution in [0.25, 0.3) is 5.73 Å². The number of nitrogens with two attached hydrogens (primary N) is 4. The van der Waals surface area contributed by atoms with Crippen molar-refractivity contribution in [1.29, 1.82) is 0 Å². The summed E-state index contributed by atoms with van der Waals surface area (Å²) in [5.41, 5.74) is 27.1. The summed E-state index contributed by atoms with van der Waals surface area (Å²) >= 11 is 0. The molecule has 0 heterocycles. The molecule has 0 atom stereocenters. The van der Waals surface area contributed by atoms with E-state index in [1.165, 1.54) is 7.05 Å². The van der Waals surface area contributed by atoms with Gasteiger partial charge in [0.25, 0.3) is 0 Å². The SMILES string of the molecule is C.CCN=C(N)NC(N)=NC.CN=C(N)N=C([NH-])N.[CH3-].[Y]. The molecule has 21 heavy (non-hydrogen) atoms. The minimum Gasteiger partial charge on any atom is -0.454 e. The Morgan fingerprint density at radius 2 is 1.52 bits per heavy atom. The van der Waals surface area contributed by atoms with Gasteiger partial charge in [0, 0.05) is 59.3 Å². The van der Waals surface area contributed by atoms with E-state index in [0.29, 0.717) is 12.5 Å². The molecule has 0 aromatic carbocycles. The predicted molar refractivity (Wildman–Crippen MR) is 89.5 cm³/mol.